The van der Waals surface area contributed by atoms with Gasteiger partial charge in [-0.3, -0.25) is 10.1 Å². The van der Waals surface area contributed by atoms with E-state index in [1.807, 2.05) is 0 Å². The van der Waals surface area contributed by atoms with Crippen molar-refractivity contribution in [3.8, 4) is 5.75 Å². The third-order valence-electron chi connectivity index (χ3n) is 1.49. The summed E-state index contributed by atoms with van der Waals surface area (Å²) >= 11 is 2.98. The van der Waals surface area contributed by atoms with Crippen LogP contribution in [0.25, 0.3) is 0 Å². The molecule has 1 aromatic rings. The molecule has 0 saturated carbocycles. The number of phenolic OH excluding ortho intramolecular Hbond substituents is 1. The van der Waals surface area contributed by atoms with Crippen molar-refractivity contribution < 1.29 is 10.0 Å². The van der Waals surface area contributed by atoms with Gasteiger partial charge in [0.05, 0.1) is 15.6 Å². The molecular formula is C7H6BrN3O3. The minimum absolute atomic E-state index is 0.224. The van der Waals surface area contributed by atoms with E-state index in [1.54, 1.807) is 0 Å². The highest BCUT2D eigenvalue weighted by Gasteiger charge is 2.16. The van der Waals surface area contributed by atoms with Gasteiger partial charge in [-0.25, -0.2) is 0 Å². The van der Waals surface area contributed by atoms with Gasteiger partial charge >= 0.3 is 5.69 Å². The molecule has 6 nitrogen and oxygen atoms in total. The number of hydrazone groups is 1. The maximum atomic E-state index is 10.5. The van der Waals surface area contributed by atoms with Gasteiger partial charge in [-0.05, 0) is 22.0 Å². The zero-order valence-electron chi connectivity index (χ0n) is 6.85. The molecule has 0 saturated heterocycles. The third kappa shape index (κ3) is 1.99. The van der Waals surface area contributed by atoms with Crippen molar-refractivity contribution in [3.63, 3.8) is 0 Å². The number of benzene rings is 1. The standard InChI is InChI=1S/C7H6BrN3O3/c8-5-1-4(3-10-9)2-6(7(5)12)11(13)14/h1-3,12H,9H2. The molecule has 3 N–H and O–H groups in total. The molecule has 7 heteroatoms. The maximum Gasteiger partial charge on any atom is 0.312 e. The Morgan fingerprint density at radius 3 is 2.79 bits per heavy atom. The summed E-state index contributed by atoms with van der Waals surface area (Å²) in [5.41, 5.74) is 0.0400. The molecule has 14 heavy (non-hydrogen) atoms. The topological polar surface area (TPSA) is 102 Å². The Kier molecular flexibility index (Phi) is 3.03. The largest absolute Gasteiger partial charge is 0.501 e. The van der Waals surface area contributed by atoms with E-state index >= 15 is 0 Å². The van der Waals surface area contributed by atoms with Crippen LogP contribution in [0.4, 0.5) is 5.69 Å². The van der Waals surface area contributed by atoms with Crippen molar-refractivity contribution in [1.82, 2.24) is 0 Å². The molecule has 0 aromatic heterocycles. The van der Waals surface area contributed by atoms with Gasteiger partial charge in [0.1, 0.15) is 0 Å². The van der Waals surface area contributed by atoms with Crippen molar-refractivity contribution in [2.45, 2.75) is 0 Å². The predicted octanol–water partition coefficient (Wildman–Crippen LogP) is 1.36. The Balaban J connectivity index is 3.35. The number of nitro groups is 1. The number of hydrogen-bond donors (Lipinski definition) is 2. The summed E-state index contributed by atoms with van der Waals surface area (Å²) in [6, 6.07) is 2.65. The Morgan fingerprint density at radius 1 is 1.64 bits per heavy atom. The molecule has 0 atom stereocenters. The van der Waals surface area contributed by atoms with Gasteiger partial charge < -0.3 is 10.9 Å². The lowest BCUT2D eigenvalue weighted by Crippen LogP contribution is -1.93. The highest BCUT2D eigenvalue weighted by atomic mass is 79.9. The molecule has 0 amide bonds. The second-order valence-corrected chi connectivity index (χ2v) is 3.26. The van der Waals surface area contributed by atoms with Crippen LogP contribution in [-0.2, 0) is 0 Å². The van der Waals surface area contributed by atoms with Crippen LogP contribution < -0.4 is 5.84 Å². The number of nitro benzene ring substituents is 1. The van der Waals surface area contributed by atoms with Gasteiger partial charge in [-0.2, -0.15) is 5.10 Å². The van der Waals surface area contributed by atoms with Crippen LogP contribution in [0, 0.1) is 10.1 Å². The zero-order valence-corrected chi connectivity index (χ0v) is 8.43. The van der Waals surface area contributed by atoms with Gasteiger partial charge in [-0.15, -0.1) is 0 Å². The van der Waals surface area contributed by atoms with Crippen LogP contribution in [0.15, 0.2) is 21.7 Å². The number of hydrogen-bond acceptors (Lipinski definition) is 5. The van der Waals surface area contributed by atoms with Crippen LogP contribution in [0.3, 0.4) is 0 Å². The molecule has 0 heterocycles. The van der Waals surface area contributed by atoms with Crippen LogP contribution in [0.5, 0.6) is 5.75 Å². The van der Waals surface area contributed by atoms with Crippen molar-refractivity contribution >= 4 is 27.8 Å². The molecular weight excluding hydrogens is 254 g/mol. The summed E-state index contributed by atoms with van der Waals surface area (Å²) in [7, 11) is 0. The normalized spacial score (nSPS) is 10.6. The molecule has 0 spiro atoms. The molecule has 0 unspecified atom stereocenters. The first-order valence-corrected chi connectivity index (χ1v) is 4.25. The number of nitrogens with two attached hydrogens (primary N) is 1. The van der Waals surface area contributed by atoms with E-state index in [-0.39, 0.29) is 4.47 Å². The van der Waals surface area contributed by atoms with Crippen molar-refractivity contribution in [3.05, 3.63) is 32.3 Å². The summed E-state index contributed by atoms with van der Waals surface area (Å²) in [6.45, 7) is 0. The zero-order chi connectivity index (χ0) is 10.7. The summed E-state index contributed by atoms with van der Waals surface area (Å²) < 4.78 is 0.224. The fraction of sp³-hybridized carbons (Fsp3) is 0. The molecule has 0 aliphatic heterocycles. The number of halogens is 1. The van der Waals surface area contributed by atoms with E-state index in [9.17, 15) is 15.2 Å². The molecule has 1 aromatic carbocycles. The van der Waals surface area contributed by atoms with Gasteiger partial charge in [0, 0.05) is 11.6 Å². The second-order valence-electron chi connectivity index (χ2n) is 2.41. The molecule has 74 valence electrons. The van der Waals surface area contributed by atoms with Crippen molar-refractivity contribution in [2.75, 3.05) is 0 Å². The van der Waals surface area contributed by atoms with E-state index in [4.69, 9.17) is 5.84 Å². The third-order valence-corrected chi connectivity index (χ3v) is 2.09. The monoisotopic (exact) mass is 259 g/mol. The predicted molar refractivity (Wildman–Crippen MR) is 54.2 cm³/mol. The average Bonchev–Trinajstić information content (AvgIpc) is 2.11. The van der Waals surface area contributed by atoms with Crippen molar-refractivity contribution in [2.24, 2.45) is 10.9 Å². The first-order valence-electron chi connectivity index (χ1n) is 3.46. The molecule has 0 fully saturated rings. The van der Waals surface area contributed by atoms with Crippen LogP contribution in [-0.4, -0.2) is 16.2 Å². The number of nitrogens with zero attached hydrogens (tertiary/aromatic N) is 2. The molecule has 0 bridgehead atoms. The summed E-state index contributed by atoms with van der Waals surface area (Å²) in [4.78, 5) is 9.79. The number of aromatic hydroxyl groups is 1. The Bertz CT molecular complexity index is 405. The van der Waals surface area contributed by atoms with Crippen molar-refractivity contribution in [1.29, 1.82) is 0 Å². The van der Waals surface area contributed by atoms with Crippen LogP contribution in [0.2, 0.25) is 0 Å². The van der Waals surface area contributed by atoms with E-state index < -0.39 is 16.4 Å². The lowest BCUT2D eigenvalue weighted by atomic mass is 10.2. The molecule has 0 aliphatic rings. The molecule has 0 radical (unpaired) electrons. The summed E-state index contributed by atoms with van der Waals surface area (Å²) in [5, 5.41) is 23.0. The van der Waals surface area contributed by atoms with E-state index in [0.29, 0.717) is 5.56 Å². The first kappa shape index (κ1) is 10.5. The quantitative estimate of drug-likeness (QED) is 0.362. The molecule has 0 aliphatic carbocycles. The fourth-order valence-electron chi connectivity index (χ4n) is 0.905. The van der Waals surface area contributed by atoms with Gasteiger partial charge in [-0.1, -0.05) is 0 Å². The highest BCUT2D eigenvalue weighted by molar-refractivity contribution is 9.10. The number of phenols is 1. The smallest absolute Gasteiger partial charge is 0.312 e. The van der Waals surface area contributed by atoms with E-state index in [0.717, 1.165) is 0 Å². The minimum atomic E-state index is -0.687. The lowest BCUT2D eigenvalue weighted by Gasteiger charge is -2.00. The second kappa shape index (κ2) is 4.05. The van der Waals surface area contributed by atoms with Gasteiger partial charge in [0.15, 0.2) is 0 Å². The Hall–Kier alpha value is -1.63. The Labute approximate surface area is 87.3 Å². The summed E-state index contributed by atoms with van der Waals surface area (Å²) in [6.07, 6.45) is 1.25. The maximum absolute atomic E-state index is 10.5. The SMILES string of the molecule is NN=Cc1cc(Br)c(O)c([N+](=O)[O-])c1. The van der Waals surface area contributed by atoms with Gasteiger partial charge in [0.25, 0.3) is 0 Å². The lowest BCUT2D eigenvalue weighted by molar-refractivity contribution is -0.386. The average molecular weight is 260 g/mol. The van der Waals surface area contributed by atoms with Crippen LogP contribution >= 0.6 is 15.9 Å². The Morgan fingerprint density at radius 2 is 2.29 bits per heavy atom. The van der Waals surface area contributed by atoms with Crippen LogP contribution in [0.1, 0.15) is 5.56 Å². The number of rotatable bonds is 2. The first-order chi connectivity index (χ1) is 6.56. The highest BCUT2D eigenvalue weighted by Crippen LogP contribution is 2.34. The van der Waals surface area contributed by atoms with E-state index in [2.05, 4.69) is 21.0 Å². The van der Waals surface area contributed by atoms with Gasteiger partial charge in [0.2, 0.25) is 5.75 Å². The van der Waals surface area contributed by atoms with E-state index in [1.165, 1.54) is 18.3 Å². The summed E-state index contributed by atoms with van der Waals surface area (Å²) in [5.74, 6) is 4.48. The fourth-order valence-corrected chi connectivity index (χ4v) is 1.37. The minimum Gasteiger partial charge on any atom is -0.501 e. The molecule has 1 rings (SSSR count).